The molecule has 0 saturated heterocycles. The summed E-state index contributed by atoms with van der Waals surface area (Å²) in [5, 5.41) is 9.23. The van der Waals surface area contributed by atoms with Crippen LogP contribution in [0.15, 0.2) is 29.3 Å². The van der Waals surface area contributed by atoms with Crippen molar-refractivity contribution in [3.63, 3.8) is 0 Å². The lowest BCUT2D eigenvalue weighted by Gasteiger charge is -2.19. The van der Waals surface area contributed by atoms with E-state index in [1.54, 1.807) is 0 Å². The van der Waals surface area contributed by atoms with Crippen molar-refractivity contribution in [2.45, 2.75) is 53.2 Å². The van der Waals surface area contributed by atoms with Crippen molar-refractivity contribution in [2.24, 2.45) is 4.99 Å². The minimum absolute atomic E-state index is 0.391. The van der Waals surface area contributed by atoms with Gasteiger partial charge in [0.05, 0.1) is 13.2 Å². The number of nitrogens with zero attached hydrogens (tertiary/aromatic N) is 1. The highest BCUT2D eigenvalue weighted by Gasteiger charge is 2.15. The molecule has 0 spiro atoms. The first-order valence-electron chi connectivity index (χ1n) is 9.54. The van der Waals surface area contributed by atoms with Crippen LogP contribution in [-0.4, -0.2) is 43.9 Å². The lowest BCUT2D eigenvalue weighted by atomic mass is 10.2. The molecule has 27 heavy (non-hydrogen) atoms. The van der Waals surface area contributed by atoms with Gasteiger partial charge >= 0.3 is 6.09 Å². The molecule has 7 heteroatoms. The summed E-state index contributed by atoms with van der Waals surface area (Å²) in [5.74, 6) is 1.60. The second kappa shape index (κ2) is 12.0. The van der Waals surface area contributed by atoms with Crippen LogP contribution in [0, 0.1) is 0 Å². The smallest absolute Gasteiger partial charge is 0.407 e. The first-order valence-corrected chi connectivity index (χ1v) is 9.54. The zero-order valence-corrected chi connectivity index (χ0v) is 17.2. The quantitative estimate of drug-likeness (QED) is 0.349. The van der Waals surface area contributed by atoms with Crippen LogP contribution in [0.1, 0.15) is 46.6 Å². The molecule has 0 atom stereocenters. The molecule has 0 aliphatic rings. The Labute approximate surface area is 162 Å². The van der Waals surface area contributed by atoms with Crippen molar-refractivity contribution >= 4 is 12.1 Å². The van der Waals surface area contributed by atoms with Crippen molar-refractivity contribution in [3.8, 4) is 5.75 Å². The average molecular weight is 379 g/mol. The first-order chi connectivity index (χ1) is 12.8. The standard InChI is InChI=1S/C20H34N4O3/c1-6-21-18(22-12-9-13-23-19(25)27-20(3,4)5)24-15-16-10-8-11-17(14-16)26-7-2/h8,10-11,14H,6-7,9,12-13,15H2,1-5H3,(H,23,25)(H2,21,22,24). The molecule has 0 aliphatic heterocycles. The van der Waals surface area contributed by atoms with Gasteiger partial charge in [0.25, 0.3) is 0 Å². The molecule has 1 aromatic carbocycles. The number of aliphatic imine (C=N–C) groups is 1. The maximum absolute atomic E-state index is 11.6. The molecule has 7 nitrogen and oxygen atoms in total. The van der Waals surface area contributed by atoms with Crippen molar-refractivity contribution in [3.05, 3.63) is 29.8 Å². The SMILES string of the molecule is CCNC(=NCc1cccc(OCC)c1)NCCCNC(=O)OC(C)(C)C. The Bertz CT molecular complexity index is 597. The van der Waals surface area contributed by atoms with Crippen molar-refractivity contribution in [1.29, 1.82) is 0 Å². The molecular weight excluding hydrogens is 344 g/mol. The van der Waals surface area contributed by atoms with Crippen molar-refractivity contribution in [2.75, 3.05) is 26.2 Å². The van der Waals surface area contributed by atoms with E-state index in [4.69, 9.17) is 9.47 Å². The number of hydrogen-bond acceptors (Lipinski definition) is 4. The van der Waals surface area contributed by atoms with E-state index in [2.05, 4.69) is 20.9 Å². The Hall–Kier alpha value is -2.44. The Kier molecular flexibility index (Phi) is 10.1. The van der Waals surface area contributed by atoms with Crippen molar-refractivity contribution in [1.82, 2.24) is 16.0 Å². The van der Waals surface area contributed by atoms with Gasteiger partial charge in [0.15, 0.2) is 5.96 Å². The van der Waals surface area contributed by atoms with Gasteiger partial charge in [-0.05, 0) is 58.7 Å². The second-order valence-corrected chi connectivity index (χ2v) is 6.98. The lowest BCUT2D eigenvalue weighted by molar-refractivity contribution is 0.0527. The molecule has 0 saturated carbocycles. The molecule has 0 unspecified atom stereocenters. The number of ether oxygens (including phenoxy) is 2. The molecule has 1 amide bonds. The molecular formula is C20H34N4O3. The maximum Gasteiger partial charge on any atom is 0.407 e. The molecule has 0 heterocycles. The number of amides is 1. The Morgan fingerprint density at radius 1 is 1.11 bits per heavy atom. The number of benzene rings is 1. The third-order valence-electron chi connectivity index (χ3n) is 3.29. The number of carbonyl (C=O) groups is 1. The summed E-state index contributed by atoms with van der Waals surface area (Å²) in [6.07, 6.45) is 0.376. The molecule has 0 aliphatic carbocycles. The fraction of sp³-hybridized carbons (Fsp3) is 0.600. The van der Waals surface area contributed by atoms with Gasteiger partial charge < -0.3 is 25.4 Å². The van der Waals surface area contributed by atoms with Crippen LogP contribution < -0.4 is 20.7 Å². The predicted molar refractivity (Wildman–Crippen MR) is 109 cm³/mol. The Balaban J connectivity index is 2.39. The maximum atomic E-state index is 11.6. The molecule has 3 N–H and O–H groups in total. The van der Waals surface area contributed by atoms with Crippen LogP contribution in [0.3, 0.4) is 0 Å². The van der Waals surface area contributed by atoms with E-state index in [1.165, 1.54) is 0 Å². The molecule has 1 rings (SSSR count). The highest BCUT2D eigenvalue weighted by molar-refractivity contribution is 5.79. The van der Waals surface area contributed by atoms with Gasteiger partial charge in [0.2, 0.25) is 0 Å². The predicted octanol–water partition coefficient (Wildman–Crippen LogP) is 3.06. The zero-order chi connectivity index (χ0) is 20.1. The number of nitrogens with one attached hydrogen (secondary N) is 3. The van der Waals surface area contributed by atoms with E-state index in [1.807, 2.05) is 58.9 Å². The Morgan fingerprint density at radius 2 is 1.85 bits per heavy atom. The van der Waals surface area contributed by atoms with E-state index in [0.717, 1.165) is 30.2 Å². The molecule has 0 bridgehead atoms. The fourth-order valence-electron chi connectivity index (χ4n) is 2.21. The highest BCUT2D eigenvalue weighted by atomic mass is 16.6. The number of carbonyl (C=O) groups excluding carboxylic acids is 1. The fourth-order valence-corrected chi connectivity index (χ4v) is 2.21. The second-order valence-electron chi connectivity index (χ2n) is 6.98. The summed E-state index contributed by atoms with van der Waals surface area (Å²) in [6.45, 7) is 12.7. The monoisotopic (exact) mass is 378 g/mol. The number of guanidine groups is 1. The van der Waals surface area contributed by atoms with Gasteiger partial charge in [-0.25, -0.2) is 9.79 Å². The van der Waals surface area contributed by atoms with Gasteiger partial charge in [-0.1, -0.05) is 12.1 Å². The molecule has 0 radical (unpaired) electrons. The van der Waals surface area contributed by atoms with Crippen molar-refractivity contribution < 1.29 is 14.3 Å². The minimum atomic E-state index is -0.479. The summed E-state index contributed by atoms with van der Waals surface area (Å²) in [5.41, 5.74) is 0.608. The zero-order valence-electron chi connectivity index (χ0n) is 17.2. The Morgan fingerprint density at radius 3 is 2.52 bits per heavy atom. The van der Waals surface area contributed by atoms with Crippen LogP contribution in [0.4, 0.5) is 4.79 Å². The highest BCUT2D eigenvalue weighted by Crippen LogP contribution is 2.13. The van der Waals surface area contributed by atoms with E-state index in [-0.39, 0.29) is 0 Å². The third kappa shape index (κ3) is 11.0. The van der Waals surface area contributed by atoms with Gasteiger partial charge in [0.1, 0.15) is 11.4 Å². The topological polar surface area (TPSA) is 84.0 Å². The number of rotatable bonds is 9. The van der Waals surface area contributed by atoms with Gasteiger partial charge in [-0.2, -0.15) is 0 Å². The number of alkyl carbamates (subject to hydrolysis) is 1. The first kappa shape index (κ1) is 22.6. The van der Waals surface area contributed by atoms with Crippen LogP contribution in [-0.2, 0) is 11.3 Å². The summed E-state index contributed by atoms with van der Waals surface area (Å²) in [6, 6.07) is 7.94. The third-order valence-corrected chi connectivity index (χ3v) is 3.29. The van der Waals surface area contributed by atoms with Crippen LogP contribution in [0.2, 0.25) is 0 Å². The molecule has 152 valence electrons. The summed E-state index contributed by atoms with van der Waals surface area (Å²) < 4.78 is 10.7. The molecule has 0 fully saturated rings. The molecule has 0 aromatic heterocycles. The molecule has 1 aromatic rings. The van der Waals surface area contributed by atoms with Crippen LogP contribution >= 0.6 is 0 Å². The lowest BCUT2D eigenvalue weighted by Crippen LogP contribution is -2.39. The normalized spacial score (nSPS) is 11.7. The average Bonchev–Trinajstić information content (AvgIpc) is 2.58. The van der Waals surface area contributed by atoms with Crippen LogP contribution in [0.5, 0.6) is 5.75 Å². The van der Waals surface area contributed by atoms with Gasteiger partial charge in [-0.15, -0.1) is 0 Å². The van der Waals surface area contributed by atoms with E-state index >= 15 is 0 Å². The summed E-state index contributed by atoms with van der Waals surface area (Å²) >= 11 is 0. The number of hydrogen-bond donors (Lipinski definition) is 3. The van der Waals surface area contributed by atoms with Gasteiger partial charge in [-0.3, -0.25) is 0 Å². The van der Waals surface area contributed by atoms with Gasteiger partial charge in [0, 0.05) is 19.6 Å². The minimum Gasteiger partial charge on any atom is -0.494 e. The van der Waals surface area contributed by atoms with E-state index in [9.17, 15) is 4.79 Å². The van der Waals surface area contributed by atoms with E-state index in [0.29, 0.717) is 26.2 Å². The summed E-state index contributed by atoms with van der Waals surface area (Å²) in [4.78, 5) is 16.2. The summed E-state index contributed by atoms with van der Waals surface area (Å²) in [7, 11) is 0. The largest absolute Gasteiger partial charge is 0.494 e. The van der Waals surface area contributed by atoms with E-state index < -0.39 is 11.7 Å². The van der Waals surface area contributed by atoms with Crippen LogP contribution in [0.25, 0.3) is 0 Å².